The molecule has 0 radical (unpaired) electrons. The van der Waals surface area contributed by atoms with Crippen LogP contribution in [-0.4, -0.2) is 19.5 Å². The first-order valence-electron chi connectivity index (χ1n) is 7.51. The molecule has 0 saturated heterocycles. The van der Waals surface area contributed by atoms with Crippen molar-refractivity contribution in [2.75, 3.05) is 13.2 Å². The van der Waals surface area contributed by atoms with Crippen LogP contribution in [0.4, 0.5) is 0 Å². The van der Waals surface area contributed by atoms with E-state index in [4.69, 9.17) is 9.47 Å². The van der Waals surface area contributed by atoms with Crippen molar-refractivity contribution in [1.29, 1.82) is 0 Å². The number of hydrogen-bond acceptors (Lipinski definition) is 3. The van der Waals surface area contributed by atoms with Gasteiger partial charge in [0.05, 0.1) is 0 Å². The maximum Gasteiger partial charge on any atom is 0.150 e. The number of carbonyl (C=O) groups excluding carboxylic acids is 1. The quantitative estimate of drug-likeness (QED) is 0.562. The molecule has 0 saturated carbocycles. The summed E-state index contributed by atoms with van der Waals surface area (Å²) in [7, 11) is 0. The van der Waals surface area contributed by atoms with Crippen LogP contribution in [0.15, 0.2) is 42.5 Å². The van der Waals surface area contributed by atoms with Crippen LogP contribution in [0.2, 0.25) is 0 Å². The SMILES string of the molecule is Cc1cc(OCCOc2ccc(C=O)cc2)ccc1C(C)C. The minimum Gasteiger partial charge on any atom is -0.490 e. The van der Waals surface area contributed by atoms with Crippen molar-refractivity contribution in [3.05, 3.63) is 59.2 Å². The van der Waals surface area contributed by atoms with Crippen molar-refractivity contribution in [3.63, 3.8) is 0 Å². The molecule has 0 aliphatic carbocycles. The van der Waals surface area contributed by atoms with Crippen LogP contribution in [0, 0.1) is 6.92 Å². The molecule has 0 unspecified atom stereocenters. The molecule has 3 heteroatoms. The van der Waals surface area contributed by atoms with Gasteiger partial charge in [0.1, 0.15) is 31.0 Å². The number of rotatable bonds is 7. The summed E-state index contributed by atoms with van der Waals surface area (Å²) >= 11 is 0. The molecule has 0 N–H and O–H groups in total. The summed E-state index contributed by atoms with van der Waals surface area (Å²) in [6, 6.07) is 13.2. The van der Waals surface area contributed by atoms with Gasteiger partial charge in [-0.3, -0.25) is 4.79 Å². The molecule has 0 aromatic heterocycles. The molecule has 2 rings (SSSR count). The summed E-state index contributed by atoms with van der Waals surface area (Å²) in [5, 5.41) is 0. The molecule has 0 aliphatic rings. The van der Waals surface area contributed by atoms with Crippen LogP contribution >= 0.6 is 0 Å². The number of benzene rings is 2. The largest absolute Gasteiger partial charge is 0.490 e. The fraction of sp³-hybridized carbons (Fsp3) is 0.316. The van der Waals surface area contributed by atoms with Crippen LogP contribution in [0.25, 0.3) is 0 Å². The highest BCUT2D eigenvalue weighted by Gasteiger charge is 2.04. The molecule has 0 aliphatic heterocycles. The van der Waals surface area contributed by atoms with Gasteiger partial charge in [0.2, 0.25) is 0 Å². The van der Waals surface area contributed by atoms with Crippen molar-refractivity contribution < 1.29 is 14.3 Å². The lowest BCUT2D eigenvalue weighted by atomic mass is 9.98. The smallest absolute Gasteiger partial charge is 0.150 e. The highest BCUT2D eigenvalue weighted by Crippen LogP contribution is 2.23. The highest BCUT2D eigenvalue weighted by atomic mass is 16.5. The van der Waals surface area contributed by atoms with E-state index in [0.29, 0.717) is 24.7 Å². The lowest BCUT2D eigenvalue weighted by Crippen LogP contribution is -2.09. The highest BCUT2D eigenvalue weighted by molar-refractivity contribution is 5.74. The monoisotopic (exact) mass is 298 g/mol. The third-order valence-corrected chi connectivity index (χ3v) is 3.50. The van der Waals surface area contributed by atoms with Gasteiger partial charge in [0.25, 0.3) is 0 Å². The van der Waals surface area contributed by atoms with Crippen molar-refractivity contribution in [2.24, 2.45) is 0 Å². The second kappa shape index (κ2) is 7.64. The van der Waals surface area contributed by atoms with E-state index in [0.717, 1.165) is 17.8 Å². The predicted octanol–water partition coefficient (Wildman–Crippen LogP) is 4.39. The van der Waals surface area contributed by atoms with Gasteiger partial charge in [-0.1, -0.05) is 19.9 Å². The molecule has 3 nitrogen and oxygen atoms in total. The first-order valence-corrected chi connectivity index (χ1v) is 7.51. The topological polar surface area (TPSA) is 35.5 Å². The van der Waals surface area contributed by atoms with Crippen molar-refractivity contribution in [2.45, 2.75) is 26.7 Å². The lowest BCUT2D eigenvalue weighted by Gasteiger charge is -2.13. The Morgan fingerprint density at radius 3 is 2.09 bits per heavy atom. The molecule has 0 bridgehead atoms. The summed E-state index contributed by atoms with van der Waals surface area (Å²) in [5.41, 5.74) is 3.24. The van der Waals surface area contributed by atoms with Crippen LogP contribution in [0.5, 0.6) is 11.5 Å². The van der Waals surface area contributed by atoms with Crippen molar-refractivity contribution in [1.82, 2.24) is 0 Å². The van der Waals surface area contributed by atoms with E-state index in [2.05, 4.69) is 32.9 Å². The van der Waals surface area contributed by atoms with Gasteiger partial charge in [-0.15, -0.1) is 0 Å². The number of ether oxygens (including phenoxy) is 2. The van der Waals surface area contributed by atoms with E-state index in [-0.39, 0.29) is 0 Å². The zero-order valence-corrected chi connectivity index (χ0v) is 13.3. The molecule has 0 heterocycles. The average molecular weight is 298 g/mol. The summed E-state index contributed by atoms with van der Waals surface area (Å²) in [4.78, 5) is 10.6. The maximum absolute atomic E-state index is 10.6. The molecule has 0 atom stereocenters. The summed E-state index contributed by atoms with van der Waals surface area (Å²) in [6.07, 6.45) is 0.816. The van der Waals surface area contributed by atoms with Crippen molar-refractivity contribution in [3.8, 4) is 11.5 Å². The first-order chi connectivity index (χ1) is 10.6. The molecule has 22 heavy (non-hydrogen) atoms. The normalized spacial score (nSPS) is 10.5. The fourth-order valence-corrected chi connectivity index (χ4v) is 2.35. The van der Waals surface area contributed by atoms with Crippen LogP contribution in [0.1, 0.15) is 41.3 Å². The second-order valence-electron chi connectivity index (χ2n) is 5.56. The molecular weight excluding hydrogens is 276 g/mol. The Morgan fingerprint density at radius 1 is 0.955 bits per heavy atom. The van der Waals surface area contributed by atoms with Crippen LogP contribution in [0.3, 0.4) is 0 Å². The number of aldehydes is 1. The summed E-state index contributed by atoms with van der Waals surface area (Å²) in [5.74, 6) is 2.12. The van der Waals surface area contributed by atoms with E-state index in [1.807, 2.05) is 6.07 Å². The third kappa shape index (κ3) is 4.35. The van der Waals surface area contributed by atoms with Crippen LogP contribution < -0.4 is 9.47 Å². The van der Waals surface area contributed by atoms with E-state index in [1.54, 1.807) is 24.3 Å². The standard InChI is InChI=1S/C19H22O3/c1-14(2)19-9-8-18(12-15(19)3)22-11-10-21-17-6-4-16(13-20)5-7-17/h4-9,12-14H,10-11H2,1-3H3. The maximum atomic E-state index is 10.6. The third-order valence-electron chi connectivity index (χ3n) is 3.50. The number of hydrogen-bond donors (Lipinski definition) is 0. The Balaban J connectivity index is 1.81. The molecule has 2 aromatic rings. The van der Waals surface area contributed by atoms with Gasteiger partial charge < -0.3 is 9.47 Å². The Hall–Kier alpha value is -2.29. The van der Waals surface area contributed by atoms with Gasteiger partial charge >= 0.3 is 0 Å². The zero-order chi connectivity index (χ0) is 15.9. The van der Waals surface area contributed by atoms with E-state index >= 15 is 0 Å². The summed E-state index contributed by atoms with van der Waals surface area (Å²) in [6.45, 7) is 7.42. The van der Waals surface area contributed by atoms with E-state index < -0.39 is 0 Å². The van der Waals surface area contributed by atoms with Crippen molar-refractivity contribution >= 4 is 6.29 Å². The Morgan fingerprint density at radius 2 is 1.55 bits per heavy atom. The lowest BCUT2D eigenvalue weighted by molar-refractivity contribution is 0.112. The fourth-order valence-electron chi connectivity index (χ4n) is 2.35. The van der Waals surface area contributed by atoms with Gasteiger partial charge in [-0.05, 0) is 60.4 Å². The average Bonchev–Trinajstić information content (AvgIpc) is 2.52. The molecular formula is C19H22O3. The minimum absolute atomic E-state index is 0.464. The molecule has 0 spiro atoms. The molecule has 116 valence electrons. The molecule has 2 aromatic carbocycles. The molecule has 0 amide bonds. The Bertz CT molecular complexity index is 615. The van der Waals surface area contributed by atoms with E-state index in [9.17, 15) is 4.79 Å². The summed E-state index contributed by atoms with van der Waals surface area (Å²) < 4.78 is 11.3. The zero-order valence-electron chi connectivity index (χ0n) is 13.3. The Kier molecular flexibility index (Phi) is 5.59. The van der Waals surface area contributed by atoms with Gasteiger partial charge in [0.15, 0.2) is 0 Å². The number of aryl methyl sites for hydroxylation is 1. The van der Waals surface area contributed by atoms with Gasteiger partial charge in [-0.25, -0.2) is 0 Å². The first kappa shape index (κ1) is 16.1. The predicted molar refractivity (Wildman–Crippen MR) is 88.1 cm³/mol. The minimum atomic E-state index is 0.464. The Labute approximate surface area is 131 Å². The second-order valence-corrected chi connectivity index (χ2v) is 5.56. The van der Waals surface area contributed by atoms with E-state index in [1.165, 1.54) is 11.1 Å². The number of carbonyl (C=O) groups is 1. The molecule has 0 fully saturated rings. The van der Waals surface area contributed by atoms with Crippen LogP contribution in [-0.2, 0) is 0 Å². The van der Waals surface area contributed by atoms with Gasteiger partial charge in [0, 0.05) is 5.56 Å². The van der Waals surface area contributed by atoms with Gasteiger partial charge in [-0.2, -0.15) is 0 Å².